The van der Waals surface area contributed by atoms with Gasteiger partial charge in [-0.05, 0) is 77.6 Å². The maximum Gasteiger partial charge on any atom is 0.410 e. The molecule has 0 radical (unpaired) electrons. The van der Waals surface area contributed by atoms with Crippen LogP contribution in [0.15, 0.2) is 0 Å². The predicted octanol–water partition coefficient (Wildman–Crippen LogP) is 3.89. The minimum atomic E-state index is -0.499. The lowest BCUT2D eigenvalue weighted by molar-refractivity contribution is -0.548. The molecule has 0 N–H and O–H groups in total. The monoisotopic (exact) mass is 379 g/mol. The minimum Gasteiger partial charge on any atom is -0.444 e. The third kappa shape index (κ3) is 3.08. The lowest BCUT2D eigenvalue weighted by atomic mass is 9.53. The van der Waals surface area contributed by atoms with Gasteiger partial charge in [0.2, 0.25) is 5.79 Å². The normalized spacial score (nSPS) is 42.7. The van der Waals surface area contributed by atoms with Crippen molar-refractivity contribution >= 4 is 6.09 Å². The van der Waals surface area contributed by atoms with Gasteiger partial charge in [-0.2, -0.15) is 4.89 Å². The average Bonchev–Trinajstić information content (AvgIpc) is 2.60. The topological polar surface area (TPSA) is 57.2 Å². The molecule has 4 bridgehead atoms. The van der Waals surface area contributed by atoms with Crippen molar-refractivity contribution < 1.29 is 24.0 Å². The molecule has 27 heavy (non-hydrogen) atoms. The Labute approximate surface area is 161 Å². The number of piperidine rings is 1. The van der Waals surface area contributed by atoms with E-state index in [1.54, 1.807) is 4.90 Å². The number of amides is 1. The van der Waals surface area contributed by atoms with Crippen molar-refractivity contribution in [3.8, 4) is 0 Å². The molecule has 0 unspecified atom stereocenters. The van der Waals surface area contributed by atoms with Crippen LogP contribution in [0.4, 0.5) is 4.79 Å². The van der Waals surface area contributed by atoms with E-state index in [9.17, 15) is 4.79 Å². The van der Waals surface area contributed by atoms with Gasteiger partial charge < -0.3 is 14.4 Å². The summed E-state index contributed by atoms with van der Waals surface area (Å²) in [5, 5.41) is 0. The highest BCUT2D eigenvalue weighted by Gasteiger charge is 2.63. The molecule has 6 fully saturated rings. The van der Waals surface area contributed by atoms with Crippen molar-refractivity contribution in [1.29, 1.82) is 0 Å². The summed E-state index contributed by atoms with van der Waals surface area (Å²) in [6, 6.07) is 0. The largest absolute Gasteiger partial charge is 0.444 e. The molecule has 4 saturated carbocycles. The SMILES string of the molecule is CC(C)(C)OC(=O)N1CCC2(CC1)COC1(OO2)C2CC3CC(C2)CC1C3. The molecule has 6 nitrogen and oxygen atoms in total. The van der Waals surface area contributed by atoms with Gasteiger partial charge in [-0.25, -0.2) is 9.68 Å². The second kappa shape index (κ2) is 6.07. The lowest BCUT2D eigenvalue weighted by Crippen LogP contribution is -2.66. The van der Waals surface area contributed by atoms with Crippen molar-refractivity contribution in [2.45, 2.75) is 82.7 Å². The van der Waals surface area contributed by atoms with E-state index in [0.29, 0.717) is 31.5 Å². The molecule has 4 aliphatic carbocycles. The number of hydrogen-bond acceptors (Lipinski definition) is 5. The Bertz CT molecular complexity index is 564. The Kier molecular flexibility index (Phi) is 4.09. The third-order valence-electron chi connectivity index (χ3n) is 7.51. The summed E-state index contributed by atoms with van der Waals surface area (Å²) >= 11 is 0. The van der Waals surface area contributed by atoms with Gasteiger partial charge in [-0.3, -0.25) is 0 Å². The summed E-state index contributed by atoms with van der Waals surface area (Å²) in [6.45, 7) is 7.50. The van der Waals surface area contributed by atoms with E-state index in [0.717, 1.165) is 24.7 Å². The number of ether oxygens (including phenoxy) is 2. The summed E-state index contributed by atoms with van der Waals surface area (Å²) in [5.74, 6) is 2.23. The molecular weight excluding hydrogens is 346 g/mol. The summed E-state index contributed by atoms with van der Waals surface area (Å²) in [5.41, 5.74) is -0.885. The summed E-state index contributed by atoms with van der Waals surface area (Å²) in [7, 11) is 0. The van der Waals surface area contributed by atoms with Gasteiger partial charge in [0.1, 0.15) is 11.2 Å². The van der Waals surface area contributed by atoms with Crippen LogP contribution < -0.4 is 0 Å². The Balaban J connectivity index is 1.20. The van der Waals surface area contributed by atoms with E-state index in [2.05, 4.69) is 0 Å². The maximum absolute atomic E-state index is 12.3. The van der Waals surface area contributed by atoms with Gasteiger partial charge in [0.05, 0.1) is 6.61 Å². The van der Waals surface area contributed by atoms with E-state index < -0.39 is 17.0 Å². The highest BCUT2D eigenvalue weighted by molar-refractivity contribution is 5.68. The van der Waals surface area contributed by atoms with E-state index in [1.807, 2.05) is 20.8 Å². The standard InChI is InChI=1S/C21H33NO5/c1-19(2,3)25-18(23)22-6-4-20(5-7-22)13-24-21(27-26-20)16-9-14-8-15(11-16)12-17(21)10-14/h14-17H,4-13H2,1-3H3. The first-order valence-corrected chi connectivity index (χ1v) is 10.8. The van der Waals surface area contributed by atoms with Gasteiger partial charge in [-0.15, -0.1) is 0 Å². The first kappa shape index (κ1) is 18.2. The zero-order chi connectivity index (χ0) is 18.9. The van der Waals surface area contributed by atoms with Crippen LogP contribution in [0.1, 0.15) is 65.7 Å². The zero-order valence-electron chi connectivity index (χ0n) is 16.9. The molecule has 0 aromatic rings. The number of hydrogen-bond donors (Lipinski definition) is 0. The van der Waals surface area contributed by atoms with Crippen LogP contribution in [0.3, 0.4) is 0 Å². The highest BCUT2D eigenvalue weighted by atomic mass is 17.2. The summed E-state index contributed by atoms with van der Waals surface area (Å²) < 4.78 is 12.0. The molecule has 2 aliphatic heterocycles. The molecule has 6 aliphatic rings. The Morgan fingerprint density at radius 3 is 2.04 bits per heavy atom. The number of likely N-dealkylation sites (tertiary alicyclic amines) is 1. The van der Waals surface area contributed by atoms with Crippen LogP contribution in [0.25, 0.3) is 0 Å². The number of carbonyl (C=O) groups excluding carboxylic acids is 1. The first-order chi connectivity index (χ1) is 12.8. The van der Waals surface area contributed by atoms with Gasteiger partial charge in [-0.1, -0.05) is 0 Å². The predicted molar refractivity (Wildman–Crippen MR) is 97.7 cm³/mol. The lowest BCUT2D eigenvalue weighted by Gasteiger charge is -2.61. The fourth-order valence-electron chi connectivity index (χ4n) is 6.31. The van der Waals surface area contributed by atoms with Crippen LogP contribution in [-0.2, 0) is 19.2 Å². The Hall–Kier alpha value is -0.850. The van der Waals surface area contributed by atoms with Crippen molar-refractivity contribution in [2.24, 2.45) is 23.7 Å². The second-order valence-corrected chi connectivity index (χ2v) is 10.6. The molecule has 152 valence electrons. The molecular formula is C21H33NO5. The first-order valence-electron chi connectivity index (χ1n) is 10.8. The molecule has 6 heteroatoms. The van der Waals surface area contributed by atoms with Crippen LogP contribution in [0, 0.1) is 23.7 Å². The van der Waals surface area contributed by atoms with Gasteiger partial charge in [0, 0.05) is 24.9 Å². The van der Waals surface area contributed by atoms with Crippen molar-refractivity contribution in [2.75, 3.05) is 19.7 Å². The Morgan fingerprint density at radius 1 is 0.963 bits per heavy atom. The van der Waals surface area contributed by atoms with Crippen molar-refractivity contribution in [1.82, 2.24) is 4.90 Å². The van der Waals surface area contributed by atoms with Crippen LogP contribution in [0.5, 0.6) is 0 Å². The number of nitrogens with zero attached hydrogens (tertiary/aromatic N) is 1. The van der Waals surface area contributed by atoms with Crippen molar-refractivity contribution in [3.63, 3.8) is 0 Å². The fourth-order valence-corrected chi connectivity index (χ4v) is 6.31. The molecule has 0 aromatic carbocycles. The molecule has 6 rings (SSSR count). The fraction of sp³-hybridized carbons (Fsp3) is 0.952. The molecule has 2 spiro atoms. The van der Waals surface area contributed by atoms with Gasteiger partial charge >= 0.3 is 6.09 Å². The van der Waals surface area contributed by atoms with E-state index in [1.165, 1.54) is 32.1 Å². The number of carbonyl (C=O) groups is 1. The van der Waals surface area contributed by atoms with Gasteiger partial charge in [0.15, 0.2) is 0 Å². The summed E-state index contributed by atoms with van der Waals surface area (Å²) in [6.07, 6.45) is 7.55. The quantitative estimate of drug-likeness (QED) is 0.598. The van der Waals surface area contributed by atoms with Crippen LogP contribution in [-0.4, -0.2) is 47.7 Å². The van der Waals surface area contributed by atoms with Crippen LogP contribution in [0.2, 0.25) is 0 Å². The maximum atomic E-state index is 12.3. The van der Waals surface area contributed by atoms with Crippen LogP contribution >= 0.6 is 0 Å². The average molecular weight is 379 g/mol. The smallest absolute Gasteiger partial charge is 0.410 e. The second-order valence-electron chi connectivity index (χ2n) is 10.6. The molecule has 0 aromatic heterocycles. The van der Waals surface area contributed by atoms with Gasteiger partial charge in [0.25, 0.3) is 0 Å². The minimum absolute atomic E-state index is 0.243. The highest BCUT2D eigenvalue weighted by Crippen LogP contribution is 2.61. The van der Waals surface area contributed by atoms with E-state index >= 15 is 0 Å². The molecule has 2 saturated heterocycles. The van der Waals surface area contributed by atoms with E-state index in [-0.39, 0.29) is 6.09 Å². The van der Waals surface area contributed by atoms with E-state index in [4.69, 9.17) is 19.2 Å². The van der Waals surface area contributed by atoms with Crippen molar-refractivity contribution in [3.05, 3.63) is 0 Å². The number of rotatable bonds is 0. The molecule has 1 amide bonds. The third-order valence-corrected chi connectivity index (χ3v) is 7.51. The molecule has 2 heterocycles. The molecule has 0 atom stereocenters. The Morgan fingerprint density at radius 2 is 1.56 bits per heavy atom. The summed E-state index contributed by atoms with van der Waals surface area (Å²) in [4.78, 5) is 26.3. The zero-order valence-corrected chi connectivity index (χ0v) is 16.9.